The molecule has 1 unspecified atom stereocenters. The number of hydrogen-bond acceptors (Lipinski definition) is 2. The molecule has 2 aromatic carbocycles. The SMILES string of the molecule is Cc1ccc(F)c(C(CC(=O)NCc2ccncc2)c2c[nH]c3ccc(Cl)cc23)c1. The van der Waals surface area contributed by atoms with Crippen LogP contribution in [0.1, 0.15) is 34.6 Å². The molecule has 6 heteroatoms. The molecule has 2 heterocycles. The molecule has 0 saturated heterocycles. The maximum Gasteiger partial charge on any atom is 0.221 e. The van der Waals surface area contributed by atoms with Crippen molar-refractivity contribution >= 4 is 28.4 Å². The molecule has 1 amide bonds. The molecule has 4 nitrogen and oxygen atoms in total. The molecule has 30 heavy (non-hydrogen) atoms. The first-order valence-electron chi connectivity index (χ1n) is 9.69. The van der Waals surface area contributed by atoms with Gasteiger partial charge in [-0.25, -0.2) is 4.39 Å². The number of amides is 1. The van der Waals surface area contributed by atoms with Gasteiger partial charge in [-0.15, -0.1) is 0 Å². The number of H-pyrrole nitrogens is 1. The van der Waals surface area contributed by atoms with E-state index < -0.39 is 5.92 Å². The van der Waals surface area contributed by atoms with E-state index in [4.69, 9.17) is 11.6 Å². The van der Waals surface area contributed by atoms with Gasteiger partial charge in [0.25, 0.3) is 0 Å². The van der Waals surface area contributed by atoms with Gasteiger partial charge in [-0.2, -0.15) is 0 Å². The van der Waals surface area contributed by atoms with Gasteiger partial charge < -0.3 is 10.3 Å². The van der Waals surface area contributed by atoms with Crippen molar-refractivity contribution in [2.45, 2.75) is 25.8 Å². The van der Waals surface area contributed by atoms with E-state index in [0.717, 1.165) is 27.6 Å². The van der Waals surface area contributed by atoms with Gasteiger partial charge in [0.05, 0.1) is 0 Å². The van der Waals surface area contributed by atoms with Crippen LogP contribution in [0, 0.1) is 12.7 Å². The normalized spacial score (nSPS) is 12.1. The maximum atomic E-state index is 14.8. The smallest absolute Gasteiger partial charge is 0.221 e. The highest BCUT2D eigenvalue weighted by Gasteiger charge is 2.24. The van der Waals surface area contributed by atoms with Gasteiger partial charge in [-0.05, 0) is 60.0 Å². The van der Waals surface area contributed by atoms with Gasteiger partial charge in [0, 0.05) is 53.4 Å². The van der Waals surface area contributed by atoms with Gasteiger partial charge in [0.15, 0.2) is 0 Å². The van der Waals surface area contributed by atoms with E-state index in [1.165, 1.54) is 6.07 Å². The first-order chi connectivity index (χ1) is 14.5. The van der Waals surface area contributed by atoms with Crippen molar-refractivity contribution in [3.63, 3.8) is 0 Å². The maximum absolute atomic E-state index is 14.8. The number of hydrogen-bond donors (Lipinski definition) is 2. The van der Waals surface area contributed by atoms with Crippen molar-refractivity contribution in [2.24, 2.45) is 0 Å². The van der Waals surface area contributed by atoms with E-state index in [9.17, 15) is 9.18 Å². The Labute approximate surface area is 179 Å². The molecule has 0 aliphatic heterocycles. The number of carbonyl (C=O) groups is 1. The zero-order valence-electron chi connectivity index (χ0n) is 16.5. The highest BCUT2D eigenvalue weighted by molar-refractivity contribution is 6.31. The quantitative estimate of drug-likeness (QED) is 0.431. The summed E-state index contributed by atoms with van der Waals surface area (Å²) < 4.78 is 14.8. The number of aromatic amines is 1. The average molecular weight is 422 g/mol. The Morgan fingerprint density at radius 2 is 1.93 bits per heavy atom. The van der Waals surface area contributed by atoms with Crippen LogP contribution in [0.2, 0.25) is 5.02 Å². The molecule has 152 valence electrons. The molecule has 0 fully saturated rings. The highest BCUT2D eigenvalue weighted by atomic mass is 35.5. The minimum Gasteiger partial charge on any atom is -0.361 e. The standard InChI is InChI=1S/C24H21ClFN3O/c1-15-2-4-22(26)19(10-15)18(12-24(30)29-13-16-6-8-27-9-7-16)21-14-28-23-5-3-17(25)11-20(21)23/h2-11,14,18,28H,12-13H2,1H3,(H,29,30). The average Bonchev–Trinajstić information content (AvgIpc) is 3.16. The molecule has 0 bridgehead atoms. The summed E-state index contributed by atoms with van der Waals surface area (Å²) in [4.78, 5) is 20.0. The number of nitrogens with one attached hydrogen (secondary N) is 2. The molecular weight excluding hydrogens is 401 g/mol. The van der Waals surface area contributed by atoms with Crippen LogP contribution in [0.5, 0.6) is 0 Å². The lowest BCUT2D eigenvalue weighted by atomic mass is 9.87. The Kier molecular flexibility index (Phi) is 5.81. The van der Waals surface area contributed by atoms with Crippen molar-refractivity contribution in [3.05, 3.63) is 100 Å². The Balaban J connectivity index is 1.68. The topological polar surface area (TPSA) is 57.8 Å². The number of rotatable bonds is 6. The second-order valence-corrected chi connectivity index (χ2v) is 7.78. The van der Waals surface area contributed by atoms with Crippen LogP contribution < -0.4 is 5.32 Å². The lowest BCUT2D eigenvalue weighted by Crippen LogP contribution is -2.25. The number of aromatic nitrogens is 2. The molecule has 1 atom stereocenters. The molecule has 4 rings (SSSR count). The van der Waals surface area contributed by atoms with Crippen molar-refractivity contribution in [2.75, 3.05) is 0 Å². The zero-order valence-corrected chi connectivity index (χ0v) is 17.2. The predicted molar refractivity (Wildman–Crippen MR) is 117 cm³/mol. The van der Waals surface area contributed by atoms with E-state index >= 15 is 0 Å². The van der Waals surface area contributed by atoms with Crippen LogP contribution >= 0.6 is 11.6 Å². The molecule has 4 aromatic rings. The number of benzene rings is 2. The molecule has 0 saturated carbocycles. The van der Waals surface area contributed by atoms with E-state index in [-0.39, 0.29) is 18.1 Å². The predicted octanol–water partition coefficient (Wildman–Crippen LogP) is 5.50. The minimum absolute atomic E-state index is 0.116. The van der Waals surface area contributed by atoms with Gasteiger partial charge in [0.1, 0.15) is 5.82 Å². The highest BCUT2D eigenvalue weighted by Crippen LogP contribution is 2.36. The van der Waals surface area contributed by atoms with Crippen molar-refractivity contribution in [3.8, 4) is 0 Å². The Hall–Kier alpha value is -3.18. The number of nitrogens with zero attached hydrogens (tertiary/aromatic N) is 1. The van der Waals surface area contributed by atoms with Crippen LogP contribution in [-0.2, 0) is 11.3 Å². The fraction of sp³-hybridized carbons (Fsp3) is 0.167. The van der Waals surface area contributed by atoms with Crippen LogP contribution in [-0.4, -0.2) is 15.9 Å². The zero-order chi connectivity index (χ0) is 21.1. The summed E-state index contributed by atoms with van der Waals surface area (Å²) in [6.45, 7) is 2.31. The summed E-state index contributed by atoms with van der Waals surface area (Å²) in [5.74, 6) is -0.937. The second-order valence-electron chi connectivity index (χ2n) is 7.35. The van der Waals surface area contributed by atoms with Crippen molar-refractivity contribution in [1.29, 1.82) is 0 Å². The molecular formula is C24H21ClFN3O. The lowest BCUT2D eigenvalue weighted by molar-refractivity contribution is -0.121. The molecule has 2 N–H and O–H groups in total. The summed E-state index contributed by atoms with van der Waals surface area (Å²) in [7, 11) is 0. The summed E-state index contributed by atoms with van der Waals surface area (Å²) in [6, 6.07) is 14.2. The third-order valence-electron chi connectivity index (χ3n) is 5.21. The van der Waals surface area contributed by atoms with Crippen LogP contribution in [0.4, 0.5) is 4.39 Å². The lowest BCUT2D eigenvalue weighted by Gasteiger charge is -2.19. The monoisotopic (exact) mass is 421 g/mol. The molecule has 0 aliphatic rings. The van der Waals surface area contributed by atoms with Crippen LogP contribution in [0.25, 0.3) is 10.9 Å². The number of aryl methyl sites for hydroxylation is 1. The Morgan fingerprint density at radius 3 is 2.73 bits per heavy atom. The number of halogens is 2. The summed E-state index contributed by atoms with van der Waals surface area (Å²) in [5, 5.41) is 4.41. The summed E-state index contributed by atoms with van der Waals surface area (Å²) in [5.41, 5.74) is 4.12. The first-order valence-corrected chi connectivity index (χ1v) is 10.1. The first kappa shape index (κ1) is 20.1. The Bertz CT molecular complexity index is 1190. The van der Waals surface area contributed by atoms with Gasteiger partial charge >= 0.3 is 0 Å². The van der Waals surface area contributed by atoms with E-state index in [0.29, 0.717) is 17.1 Å². The molecule has 2 aromatic heterocycles. The van der Waals surface area contributed by atoms with Gasteiger partial charge in [-0.1, -0.05) is 29.3 Å². The van der Waals surface area contributed by atoms with E-state index in [2.05, 4.69) is 15.3 Å². The van der Waals surface area contributed by atoms with E-state index in [1.54, 1.807) is 30.6 Å². The van der Waals surface area contributed by atoms with Crippen molar-refractivity contribution < 1.29 is 9.18 Å². The summed E-state index contributed by atoms with van der Waals surface area (Å²) >= 11 is 6.21. The van der Waals surface area contributed by atoms with Gasteiger partial charge in [-0.3, -0.25) is 9.78 Å². The minimum atomic E-state index is -0.449. The second kappa shape index (κ2) is 8.67. The fourth-order valence-electron chi connectivity index (χ4n) is 3.68. The molecule has 0 spiro atoms. The third-order valence-corrected chi connectivity index (χ3v) is 5.44. The van der Waals surface area contributed by atoms with Crippen LogP contribution in [0.15, 0.2) is 67.1 Å². The number of fused-ring (bicyclic) bond motifs is 1. The van der Waals surface area contributed by atoms with Gasteiger partial charge in [0.2, 0.25) is 5.91 Å². The summed E-state index contributed by atoms with van der Waals surface area (Å²) in [6.07, 6.45) is 5.32. The van der Waals surface area contributed by atoms with E-state index in [1.807, 2.05) is 37.4 Å². The largest absolute Gasteiger partial charge is 0.361 e. The Morgan fingerprint density at radius 1 is 1.13 bits per heavy atom. The molecule has 0 radical (unpaired) electrons. The fourth-order valence-corrected chi connectivity index (χ4v) is 3.85. The molecule has 0 aliphatic carbocycles. The third kappa shape index (κ3) is 4.36. The van der Waals surface area contributed by atoms with Crippen molar-refractivity contribution in [1.82, 2.24) is 15.3 Å². The number of pyridine rings is 1. The van der Waals surface area contributed by atoms with Crippen LogP contribution in [0.3, 0.4) is 0 Å². The number of carbonyl (C=O) groups excluding carboxylic acids is 1.